The van der Waals surface area contributed by atoms with Gasteiger partial charge in [0.05, 0.1) is 12.1 Å². The lowest BCUT2D eigenvalue weighted by Crippen LogP contribution is -2.26. The molecule has 28 heavy (non-hydrogen) atoms. The van der Waals surface area contributed by atoms with Crippen LogP contribution in [0.5, 0.6) is 0 Å². The van der Waals surface area contributed by atoms with Crippen LogP contribution in [0.4, 0.5) is 0 Å². The fourth-order valence-electron chi connectivity index (χ4n) is 2.90. The average Bonchev–Trinajstić information content (AvgIpc) is 3.13. The predicted octanol–water partition coefficient (Wildman–Crippen LogP) is 4.49. The Morgan fingerprint density at radius 1 is 1.14 bits per heavy atom. The number of hydrogen-bond acceptors (Lipinski definition) is 6. The Morgan fingerprint density at radius 2 is 1.89 bits per heavy atom. The summed E-state index contributed by atoms with van der Waals surface area (Å²) in [5.74, 6) is -0.659. The number of aromatic nitrogens is 2. The summed E-state index contributed by atoms with van der Waals surface area (Å²) in [6.07, 6.45) is 2.61. The molecule has 2 aromatic heterocycles. The molecule has 1 atom stereocenters. The van der Waals surface area contributed by atoms with Crippen molar-refractivity contribution < 1.29 is 14.3 Å². The Hall–Kier alpha value is -2.86. The van der Waals surface area contributed by atoms with Crippen LogP contribution in [0.1, 0.15) is 39.7 Å². The minimum absolute atomic E-state index is 0.0281. The molecule has 0 aliphatic rings. The van der Waals surface area contributed by atoms with Crippen molar-refractivity contribution in [2.75, 3.05) is 0 Å². The molecule has 0 saturated heterocycles. The molecule has 1 aromatic carbocycles. The van der Waals surface area contributed by atoms with E-state index in [1.165, 1.54) is 11.3 Å². The highest BCUT2D eigenvalue weighted by Gasteiger charge is 2.22. The number of ketones is 1. The summed E-state index contributed by atoms with van der Waals surface area (Å²) < 4.78 is 5.37. The normalized spacial score (nSPS) is 11.9. The van der Waals surface area contributed by atoms with Gasteiger partial charge in [0, 0.05) is 28.9 Å². The number of esters is 1. The second-order valence-corrected chi connectivity index (χ2v) is 7.67. The van der Waals surface area contributed by atoms with E-state index in [0.717, 1.165) is 27.3 Å². The molecule has 0 unspecified atom stereocenters. The number of aryl methyl sites for hydroxylation is 3. The van der Waals surface area contributed by atoms with E-state index in [1.807, 2.05) is 50.4 Å². The molecule has 0 spiro atoms. The molecule has 3 aromatic rings. The maximum Gasteiger partial charge on any atom is 0.312 e. The third-order valence-electron chi connectivity index (χ3n) is 4.57. The van der Waals surface area contributed by atoms with E-state index in [4.69, 9.17) is 4.74 Å². The van der Waals surface area contributed by atoms with Crippen LogP contribution in [0.2, 0.25) is 0 Å². The van der Waals surface area contributed by atoms with E-state index in [-0.39, 0.29) is 12.2 Å². The summed E-state index contributed by atoms with van der Waals surface area (Å²) in [5, 5.41) is 2.62. The van der Waals surface area contributed by atoms with Gasteiger partial charge in [-0.25, -0.2) is 4.98 Å². The number of Topliss-reactive ketones (excluding diaryl/α,β-unsaturated/α-hetero) is 1. The number of carbonyl (C=O) groups is 2. The molecule has 0 aliphatic heterocycles. The van der Waals surface area contributed by atoms with Gasteiger partial charge in [0.15, 0.2) is 6.10 Å². The summed E-state index contributed by atoms with van der Waals surface area (Å²) >= 11 is 1.45. The lowest BCUT2D eigenvalue weighted by molar-refractivity contribution is -0.145. The van der Waals surface area contributed by atoms with E-state index in [2.05, 4.69) is 9.97 Å². The Balaban J connectivity index is 1.64. The van der Waals surface area contributed by atoms with Gasteiger partial charge >= 0.3 is 5.97 Å². The van der Waals surface area contributed by atoms with Crippen molar-refractivity contribution in [3.05, 3.63) is 70.0 Å². The second-order valence-electron chi connectivity index (χ2n) is 6.81. The van der Waals surface area contributed by atoms with Gasteiger partial charge in [-0.15, -0.1) is 11.3 Å². The van der Waals surface area contributed by atoms with Crippen molar-refractivity contribution in [3.63, 3.8) is 0 Å². The van der Waals surface area contributed by atoms with Crippen LogP contribution in [0.25, 0.3) is 10.6 Å². The molecule has 0 bridgehead atoms. The van der Waals surface area contributed by atoms with Gasteiger partial charge in [-0.05, 0) is 62.6 Å². The van der Waals surface area contributed by atoms with Crippen molar-refractivity contribution in [2.24, 2.45) is 0 Å². The first-order valence-corrected chi connectivity index (χ1v) is 9.89. The zero-order valence-corrected chi connectivity index (χ0v) is 17.2. The standard InChI is InChI=1S/C22H22N2O3S/c1-13-8-15(3)19(9-14(13)2)21(26)16(4)27-20(25)10-18-12-28-22(24-18)17-6-5-7-23-11-17/h5-9,11-12,16H,10H2,1-4H3/t16-/m0/s1. The highest BCUT2D eigenvalue weighted by atomic mass is 32.1. The smallest absolute Gasteiger partial charge is 0.312 e. The highest BCUT2D eigenvalue weighted by Crippen LogP contribution is 2.23. The molecule has 2 heterocycles. The maximum atomic E-state index is 12.7. The summed E-state index contributed by atoms with van der Waals surface area (Å²) in [6.45, 7) is 7.47. The number of thiazole rings is 1. The molecule has 3 rings (SSSR count). The Morgan fingerprint density at radius 3 is 2.61 bits per heavy atom. The van der Waals surface area contributed by atoms with Crippen molar-refractivity contribution in [2.45, 2.75) is 40.2 Å². The van der Waals surface area contributed by atoms with Gasteiger partial charge in [-0.3, -0.25) is 14.6 Å². The zero-order valence-electron chi connectivity index (χ0n) is 16.4. The number of nitrogens with zero attached hydrogens (tertiary/aromatic N) is 2. The third-order valence-corrected chi connectivity index (χ3v) is 5.51. The van der Waals surface area contributed by atoms with Crippen LogP contribution < -0.4 is 0 Å². The lowest BCUT2D eigenvalue weighted by atomic mass is 9.96. The molecular weight excluding hydrogens is 372 g/mol. The van der Waals surface area contributed by atoms with Crippen LogP contribution >= 0.6 is 11.3 Å². The maximum absolute atomic E-state index is 12.7. The second kappa shape index (κ2) is 8.44. The molecule has 5 nitrogen and oxygen atoms in total. The van der Waals surface area contributed by atoms with Gasteiger partial charge in [0.1, 0.15) is 5.01 Å². The third kappa shape index (κ3) is 4.51. The van der Waals surface area contributed by atoms with Crippen molar-refractivity contribution in [1.29, 1.82) is 0 Å². The number of hydrogen-bond donors (Lipinski definition) is 0. The molecule has 0 amide bonds. The van der Waals surface area contributed by atoms with Gasteiger partial charge in [-0.2, -0.15) is 0 Å². The number of pyridine rings is 1. The van der Waals surface area contributed by atoms with Crippen LogP contribution in [0.15, 0.2) is 42.0 Å². The fraction of sp³-hybridized carbons (Fsp3) is 0.273. The van der Waals surface area contributed by atoms with E-state index in [0.29, 0.717) is 11.3 Å². The first-order chi connectivity index (χ1) is 13.3. The Kier molecular flexibility index (Phi) is 5.99. The minimum atomic E-state index is -0.843. The van der Waals surface area contributed by atoms with Crippen LogP contribution in [0.3, 0.4) is 0 Å². The largest absolute Gasteiger partial charge is 0.454 e. The van der Waals surface area contributed by atoms with Crippen LogP contribution in [-0.4, -0.2) is 27.8 Å². The van der Waals surface area contributed by atoms with Gasteiger partial charge in [-0.1, -0.05) is 6.07 Å². The fourth-order valence-corrected chi connectivity index (χ4v) is 3.71. The van der Waals surface area contributed by atoms with Gasteiger partial charge < -0.3 is 4.74 Å². The summed E-state index contributed by atoms with van der Waals surface area (Å²) in [7, 11) is 0. The van der Waals surface area contributed by atoms with Gasteiger partial charge in [0.25, 0.3) is 0 Å². The lowest BCUT2D eigenvalue weighted by Gasteiger charge is -2.15. The molecule has 6 heteroatoms. The number of benzene rings is 1. The number of ether oxygens (including phenoxy) is 1. The number of rotatable bonds is 6. The molecule has 0 N–H and O–H groups in total. The minimum Gasteiger partial charge on any atom is -0.454 e. The van der Waals surface area contributed by atoms with E-state index in [1.54, 1.807) is 19.3 Å². The molecule has 0 radical (unpaired) electrons. The first-order valence-electron chi connectivity index (χ1n) is 9.01. The first kappa shape index (κ1) is 19.9. The molecular formula is C22H22N2O3S. The quantitative estimate of drug-likeness (QED) is 0.455. The Bertz CT molecular complexity index is 1010. The van der Waals surface area contributed by atoms with Gasteiger partial charge in [0.2, 0.25) is 5.78 Å². The monoisotopic (exact) mass is 394 g/mol. The molecule has 144 valence electrons. The average molecular weight is 394 g/mol. The zero-order chi connectivity index (χ0) is 20.3. The van der Waals surface area contributed by atoms with E-state index in [9.17, 15) is 9.59 Å². The van der Waals surface area contributed by atoms with Crippen molar-refractivity contribution in [3.8, 4) is 10.6 Å². The van der Waals surface area contributed by atoms with E-state index >= 15 is 0 Å². The predicted molar refractivity (Wildman–Crippen MR) is 110 cm³/mol. The molecule has 0 aliphatic carbocycles. The summed E-state index contributed by atoms with van der Waals surface area (Å²) in [6, 6.07) is 7.59. The van der Waals surface area contributed by atoms with Crippen molar-refractivity contribution in [1.82, 2.24) is 9.97 Å². The van der Waals surface area contributed by atoms with Crippen LogP contribution in [-0.2, 0) is 16.0 Å². The topological polar surface area (TPSA) is 69.2 Å². The number of carbonyl (C=O) groups excluding carboxylic acids is 2. The summed E-state index contributed by atoms with van der Waals surface area (Å²) in [4.78, 5) is 33.5. The van der Waals surface area contributed by atoms with Crippen LogP contribution in [0, 0.1) is 20.8 Å². The molecule has 0 fully saturated rings. The molecule has 0 saturated carbocycles. The van der Waals surface area contributed by atoms with E-state index < -0.39 is 12.1 Å². The summed E-state index contributed by atoms with van der Waals surface area (Å²) in [5.41, 5.74) is 5.17. The SMILES string of the molecule is Cc1cc(C)c(C(=O)[C@H](C)OC(=O)Cc2csc(-c3cccnc3)n2)cc1C. The highest BCUT2D eigenvalue weighted by molar-refractivity contribution is 7.13. The Labute approximate surface area is 168 Å². The van der Waals surface area contributed by atoms with Crippen molar-refractivity contribution >= 4 is 23.1 Å².